The van der Waals surface area contributed by atoms with Gasteiger partial charge in [-0.25, -0.2) is 0 Å². The fourth-order valence-electron chi connectivity index (χ4n) is 5.63. The molecule has 0 N–H and O–H groups in total. The van der Waals surface area contributed by atoms with Gasteiger partial charge in [0.25, 0.3) is 0 Å². The smallest absolute Gasteiger partial charge is 0 e. The van der Waals surface area contributed by atoms with Gasteiger partial charge in [0.1, 0.15) is 0 Å². The number of rotatable bonds is 0. The third-order valence-corrected chi connectivity index (χ3v) is 6.70. The molecule has 19 heavy (non-hydrogen) atoms. The van der Waals surface area contributed by atoms with Crippen molar-refractivity contribution in [1.29, 1.82) is 0 Å². The zero-order valence-electron chi connectivity index (χ0n) is 13.1. The molecule has 1 spiro atoms. The van der Waals surface area contributed by atoms with Crippen LogP contribution in [0.1, 0.15) is 72.1 Å². The van der Waals surface area contributed by atoms with Gasteiger partial charge in [-0.2, -0.15) is 31.6 Å². The Morgan fingerprint density at radius 2 is 1.63 bits per heavy atom. The van der Waals surface area contributed by atoms with Gasteiger partial charge in [0.05, 0.1) is 0 Å². The maximum absolute atomic E-state index is 2.80. The van der Waals surface area contributed by atoms with Crippen LogP contribution >= 0.6 is 0 Å². The van der Waals surface area contributed by atoms with Crippen molar-refractivity contribution in [3.05, 3.63) is 12.3 Å². The molecule has 0 heterocycles. The summed E-state index contributed by atoms with van der Waals surface area (Å²) in [5.41, 5.74) is 0.632. The third kappa shape index (κ3) is 2.87. The van der Waals surface area contributed by atoms with Gasteiger partial charge in [0, 0.05) is 32.7 Å². The van der Waals surface area contributed by atoms with Crippen LogP contribution in [0.4, 0.5) is 0 Å². The van der Waals surface area contributed by atoms with Crippen molar-refractivity contribution in [2.75, 3.05) is 0 Å². The van der Waals surface area contributed by atoms with Crippen LogP contribution in [0.25, 0.3) is 0 Å². The zero-order chi connectivity index (χ0) is 12.8. The molecule has 0 saturated heterocycles. The van der Waals surface area contributed by atoms with Crippen LogP contribution in [0.2, 0.25) is 0 Å². The van der Waals surface area contributed by atoms with Gasteiger partial charge in [0.15, 0.2) is 0 Å². The first kappa shape index (κ1) is 16.5. The van der Waals surface area contributed by atoms with E-state index in [0.29, 0.717) is 5.41 Å². The van der Waals surface area contributed by atoms with E-state index in [9.17, 15) is 0 Å². The Bertz CT molecular complexity index is 300. The number of hydrogen-bond acceptors (Lipinski definition) is 0. The average molecular weight is 335 g/mol. The van der Waals surface area contributed by atoms with E-state index in [-0.39, 0.29) is 32.7 Å². The predicted octanol–water partition coefficient (Wildman–Crippen LogP) is 5.44. The molecular weight excluding hydrogens is 305 g/mol. The molecule has 3 fully saturated rings. The van der Waals surface area contributed by atoms with E-state index in [2.05, 4.69) is 27.2 Å². The van der Waals surface area contributed by atoms with E-state index in [4.69, 9.17) is 0 Å². The Kier molecular flexibility index (Phi) is 5.61. The first-order valence-corrected chi connectivity index (χ1v) is 8.29. The maximum atomic E-state index is 2.80. The second kappa shape index (κ2) is 6.47. The van der Waals surface area contributed by atoms with Crippen LogP contribution < -0.4 is 0 Å². The molecule has 3 aliphatic carbocycles. The molecule has 5 atom stereocenters. The fraction of sp³-hybridized carbons (Fsp3) is 0.889. The van der Waals surface area contributed by atoms with Gasteiger partial charge in [-0.15, -0.1) is 6.42 Å². The SMILES string of the molecule is C[C-]1CC[C@H]2[C@H](C)CC[C@H]3[C@@H](C)CC[CH-][C@@]23CC1.[Y]. The van der Waals surface area contributed by atoms with E-state index >= 15 is 0 Å². The standard InChI is InChI=1S/C18H30.Y/c1-13-6-8-16-15(3)7-9-17-14(2)5-4-11-18(16,17)12-10-13;/h11,14-17H,4-10,12H2,1-3H3;/q-2;/t14-,15+,16-,17-,18+;/m0./s1. The zero-order valence-corrected chi connectivity index (χ0v) is 16.0. The molecule has 0 amide bonds. The minimum atomic E-state index is 0. The molecule has 0 aromatic carbocycles. The molecule has 0 bridgehead atoms. The van der Waals surface area contributed by atoms with Gasteiger partial charge in [-0.3, -0.25) is 0 Å². The van der Waals surface area contributed by atoms with E-state index in [1.807, 2.05) is 0 Å². The fourth-order valence-corrected chi connectivity index (χ4v) is 5.63. The largest absolute Gasteiger partial charge is 0.322 e. The van der Waals surface area contributed by atoms with Gasteiger partial charge in [0.2, 0.25) is 0 Å². The van der Waals surface area contributed by atoms with Crippen LogP contribution in [0, 0.1) is 41.4 Å². The van der Waals surface area contributed by atoms with Crippen molar-refractivity contribution in [2.45, 2.75) is 72.1 Å². The van der Waals surface area contributed by atoms with Crippen molar-refractivity contribution in [3.63, 3.8) is 0 Å². The summed E-state index contributed by atoms with van der Waals surface area (Å²) in [7, 11) is 0. The Labute approximate surface area is 145 Å². The molecule has 3 saturated carbocycles. The molecule has 0 nitrogen and oxygen atoms in total. The summed E-state index contributed by atoms with van der Waals surface area (Å²) < 4.78 is 0. The molecule has 3 rings (SSSR count). The summed E-state index contributed by atoms with van der Waals surface area (Å²) >= 11 is 0. The van der Waals surface area contributed by atoms with E-state index in [1.54, 1.807) is 5.92 Å². The molecule has 107 valence electrons. The molecular formula is C18H30Y-2. The van der Waals surface area contributed by atoms with Crippen molar-refractivity contribution in [1.82, 2.24) is 0 Å². The summed E-state index contributed by atoms with van der Waals surface area (Å²) in [6.45, 7) is 7.48. The Morgan fingerprint density at radius 1 is 0.947 bits per heavy atom. The van der Waals surface area contributed by atoms with Crippen molar-refractivity contribution in [2.24, 2.45) is 29.1 Å². The van der Waals surface area contributed by atoms with Crippen LogP contribution in [0.3, 0.4) is 0 Å². The van der Waals surface area contributed by atoms with Gasteiger partial charge >= 0.3 is 0 Å². The maximum Gasteiger partial charge on any atom is 0 e. The minimum absolute atomic E-state index is 0. The van der Waals surface area contributed by atoms with Crippen molar-refractivity contribution in [3.8, 4) is 0 Å². The quantitative estimate of drug-likeness (QED) is 0.518. The van der Waals surface area contributed by atoms with E-state index < -0.39 is 0 Å². The minimum Gasteiger partial charge on any atom is -0.322 e. The summed E-state index contributed by atoms with van der Waals surface area (Å²) in [4.78, 5) is 0. The van der Waals surface area contributed by atoms with Crippen LogP contribution in [0.5, 0.6) is 0 Å². The monoisotopic (exact) mass is 335 g/mol. The Hall–Kier alpha value is 1.10. The summed E-state index contributed by atoms with van der Waals surface area (Å²) in [6.07, 6.45) is 14.4. The van der Waals surface area contributed by atoms with Crippen molar-refractivity contribution < 1.29 is 32.7 Å². The number of hydrogen-bond donors (Lipinski definition) is 0. The predicted molar refractivity (Wildman–Crippen MR) is 77.9 cm³/mol. The Morgan fingerprint density at radius 3 is 2.42 bits per heavy atom. The normalized spacial score (nSPS) is 47.5. The molecule has 0 unspecified atom stereocenters. The van der Waals surface area contributed by atoms with Gasteiger partial charge in [-0.1, -0.05) is 51.4 Å². The van der Waals surface area contributed by atoms with Crippen LogP contribution in [-0.2, 0) is 32.7 Å². The van der Waals surface area contributed by atoms with Crippen molar-refractivity contribution >= 4 is 0 Å². The molecule has 1 radical (unpaired) electrons. The molecule has 3 aliphatic rings. The molecule has 0 aromatic rings. The van der Waals surface area contributed by atoms with E-state index in [0.717, 1.165) is 23.7 Å². The summed E-state index contributed by atoms with van der Waals surface area (Å²) in [5.74, 6) is 5.73. The molecule has 0 aliphatic heterocycles. The summed E-state index contributed by atoms with van der Waals surface area (Å²) in [5, 5.41) is 0. The molecule has 0 aromatic heterocycles. The molecule has 1 heteroatoms. The van der Waals surface area contributed by atoms with E-state index in [1.165, 1.54) is 51.4 Å². The summed E-state index contributed by atoms with van der Waals surface area (Å²) in [6, 6.07) is 0. The third-order valence-electron chi connectivity index (χ3n) is 6.70. The van der Waals surface area contributed by atoms with Gasteiger partial charge < -0.3 is 12.3 Å². The Balaban J connectivity index is 0.00000133. The van der Waals surface area contributed by atoms with Crippen LogP contribution in [0.15, 0.2) is 0 Å². The first-order chi connectivity index (χ1) is 8.63. The second-order valence-corrected chi connectivity index (χ2v) is 7.63. The second-order valence-electron chi connectivity index (χ2n) is 7.63. The average Bonchev–Trinajstić information content (AvgIpc) is 2.51. The topological polar surface area (TPSA) is 0 Å². The first-order valence-electron chi connectivity index (χ1n) is 8.29. The van der Waals surface area contributed by atoms with Gasteiger partial charge in [-0.05, 0) is 11.8 Å². The van der Waals surface area contributed by atoms with Crippen LogP contribution in [-0.4, -0.2) is 0 Å².